The van der Waals surface area contributed by atoms with Crippen molar-refractivity contribution in [3.63, 3.8) is 0 Å². The number of rotatable bonds is 4. The molecule has 1 rings (SSSR count). The van der Waals surface area contributed by atoms with Gasteiger partial charge < -0.3 is 4.90 Å². The fourth-order valence-corrected chi connectivity index (χ4v) is 2.06. The van der Waals surface area contributed by atoms with Gasteiger partial charge in [-0.3, -0.25) is 9.69 Å². The molecule has 1 saturated heterocycles. The summed E-state index contributed by atoms with van der Waals surface area (Å²) in [5.41, 5.74) is 0. The second-order valence-corrected chi connectivity index (χ2v) is 5.36. The van der Waals surface area contributed by atoms with Gasteiger partial charge in [-0.25, -0.2) is 0 Å². The van der Waals surface area contributed by atoms with E-state index >= 15 is 0 Å². The predicted molar refractivity (Wildman–Crippen MR) is 62.7 cm³/mol. The van der Waals surface area contributed by atoms with E-state index in [4.69, 9.17) is 0 Å². The molecule has 0 saturated carbocycles. The van der Waals surface area contributed by atoms with E-state index in [1.807, 2.05) is 4.90 Å². The average Bonchev–Trinajstić information content (AvgIpc) is 2.08. The molecule has 0 aromatic carbocycles. The maximum absolute atomic E-state index is 11.8. The van der Waals surface area contributed by atoms with Crippen LogP contribution in [0.2, 0.25) is 0 Å². The molecular weight excluding hydrogens is 188 g/mol. The number of piperazine rings is 1. The highest BCUT2D eigenvalue weighted by Gasteiger charge is 2.24. The maximum atomic E-state index is 11.8. The molecule has 1 aliphatic rings. The average molecular weight is 212 g/mol. The van der Waals surface area contributed by atoms with Gasteiger partial charge in [-0.1, -0.05) is 27.7 Å². The highest BCUT2D eigenvalue weighted by molar-refractivity contribution is 5.79. The van der Waals surface area contributed by atoms with E-state index in [0.717, 1.165) is 26.2 Å². The minimum atomic E-state index is 0.301. The van der Waals surface area contributed by atoms with E-state index in [2.05, 4.69) is 32.6 Å². The fraction of sp³-hybridized carbons (Fsp3) is 0.917. The van der Waals surface area contributed by atoms with Gasteiger partial charge in [0, 0.05) is 26.2 Å². The van der Waals surface area contributed by atoms with Gasteiger partial charge >= 0.3 is 0 Å². The van der Waals surface area contributed by atoms with Crippen molar-refractivity contribution in [3.8, 4) is 0 Å². The summed E-state index contributed by atoms with van der Waals surface area (Å²) in [5, 5.41) is 0. The van der Waals surface area contributed by atoms with Crippen molar-refractivity contribution in [2.75, 3.05) is 32.7 Å². The third-order valence-electron chi connectivity index (χ3n) is 2.61. The van der Waals surface area contributed by atoms with Crippen LogP contribution in [-0.4, -0.2) is 48.4 Å². The molecule has 0 radical (unpaired) electrons. The zero-order chi connectivity index (χ0) is 11.4. The summed E-state index contributed by atoms with van der Waals surface area (Å²) >= 11 is 0. The van der Waals surface area contributed by atoms with Gasteiger partial charge in [0.25, 0.3) is 0 Å². The Kier molecular flexibility index (Phi) is 4.58. The van der Waals surface area contributed by atoms with Crippen LogP contribution in [0, 0.1) is 11.8 Å². The lowest BCUT2D eigenvalue weighted by atomic mass is 10.1. The smallest absolute Gasteiger partial charge is 0.236 e. The molecule has 1 heterocycles. The van der Waals surface area contributed by atoms with E-state index < -0.39 is 0 Å². The lowest BCUT2D eigenvalue weighted by Gasteiger charge is -2.35. The molecule has 3 heteroatoms. The standard InChI is InChI=1S/C12H24N2O/c1-10(2)7-13-5-6-14(8-11(3)4)12(15)9-13/h10-11H,5-9H2,1-4H3. The van der Waals surface area contributed by atoms with Crippen molar-refractivity contribution in [3.05, 3.63) is 0 Å². The third-order valence-corrected chi connectivity index (χ3v) is 2.61. The molecule has 0 N–H and O–H groups in total. The zero-order valence-electron chi connectivity index (χ0n) is 10.5. The molecule has 0 atom stereocenters. The number of hydrogen-bond acceptors (Lipinski definition) is 2. The molecule has 0 aromatic heterocycles. The number of hydrogen-bond donors (Lipinski definition) is 0. The Bertz CT molecular complexity index is 214. The third kappa shape index (κ3) is 4.20. The van der Waals surface area contributed by atoms with Gasteiger partial charge in [0.2, 0.25) is 5.91 Å². The highest BCUT2D eigenvalue weighted by Crippen LogP contribution is 2.08. The lowest BCUT2D eigenvalue weighted by Crippen LogP contribution is -2.51. The summed E-state index contributed by atoms with van der Waals surface area (Å²) < 4.78 is 0. The zero-order valence-corrected chi connectivity index (χ0v) is 10.5. The Morgan fingerprint density at radius 3 is 2.13 bits per heavy atom. The minimum absolute atomic E-state index is 0.301. The number of nitrogens with zero attached hydrogens (tertiary/aromatic N) is 2. The Morgan fingerprint density at radius 2 is 1.67 bits per heavy atom. The Balaban J connectivity index is 2.37. The molecule has 0 unspecified atom stereocenters. The van der Waals surface area contributed by atoms with Crippen LogP contribution in [0.3, 0.4) is 0 Å². The van der Waals surface area contributed by atoms with Crippen LogP contribution in [0.15, 0.2) is 0 Å². The Labute approximate surface area is 93.4 Å². The molecule has 0 spiro atoms. The first-order valence-corrected chi connectivity index (χ1v) is 5.99. The topological polar surface area (TPSA) is 23.6 Å². The number of carbonyl (C=O) groups is 1. The van der Waals surface area contributed by atoms with Crippen molar-refractivity contribution in [2.45, 2.75) is 27.7 Å². The summed E-state index contributed by atoms with van der Waals surface area (Å²) in [7, 11) is 0. The summed E-state index contributed by atoms with van der Waals surface area (Å²) in [5.74, 6) is 1.52. The number of amides is 1. The van der Waals surface area contributed by atoms with E-state index in [-0.39, 0.29) is 0 Å². The molecule has 3 nitrogen and oxygen atoms in total. The van der Waals surface area contributed by atoms with Gasteiger partial charge in [0.15, 0.2) is 0 Å². The van der Waals surface area contributed by atoms with Crippen molar-refractivity contribution >= 4 is 5.91 Å². The van der Waals surface area contributed by atoms with Crippen molar-refractivity contribution < 1.29 is 4.79 Å². The summed E-state index contributed by atoms with van der Waals surface area (Å²) in [6, 6.07) is 0. The quantitative estimate of drug-likeness (QED) is 0.704. The fourth-order valence-electron chi connectivity index (χ4n) is 2.06. The molecule has 1 amide bonds. The molecule has 0 aromatic rings. The lowest BCUT2D eigenvalue weighted by molar-refractivity contribution is -0.136. The second kappa shape index (κ2) is 5.50. The van der Waals surface area contributed by atoms with Gasteiger partial charge in [-0.2, -0.15) is 0 Å². The van der Waals surface area contributed by atoms with Crippen molar-refractivity contribution in [2.24, 2.45) is 11.8 Å². The molecular formula is C12H24N2O. The number of carbonyl (C=O) groups excluding carboxylic acids is 1. The minimum Gasteiger partial charge on any atom is -0.340 e. The van der Waals surface area contributed by atoms with Gasteiger partial charge in [-0.05, 0) is 11.8 Å². The maximum Gasteiger partial charge on any atom is 0.236 e. The molecule has 0 aliphatic carbocycles. The van der Waals surface area contributed by atoms with Crippen LogP contribution in [0.1, 0.15) is 27.7 Å². The monoisotopic (exact) mass is 212 g/mol. The first kappa shape index (κ1) is 12.5. The van der Waals surface area contributed by atoms with E-state index in [1.165, 1.54) is 0 Å². The van der Waals surface area contributed by atoms with Crippen LogP contribution < -0.4 is 0 Å². The largest absolute Gasteiger partial charge is 0.340 e. The summed E-state index contributed by atoms with van der Waals surface area (Å²) in [6.45, 7) is 13.2. The van der Waals surface area contributed by atoms with Crippen molar-refractivity contribution in [1.29, 1.82) is 0 Å². The molecule has 1 aliphatic heterocycles. The highest BCUT2D eigenvalue weighted by atomic mass is 16.2. The van der Waals surface area contributed by atoms with Gasteiger partial charge in [0.1, 0.15) is 0 Å². The Morgan fingerprint density at radius 1 is 1.07 bits per heavy atom. The summed E-state index contributed by atoms with van der Waals surface area (Å²) in [6.07, 6.45) is 0. The van der Waals surface area contributed by atoms with Crippen LogP contribution in [0.25, 0.3) is 0 Å². The normalized spacial score (nSPS) is 19.3. The van der Waals surface area contributed by atoms with E-state index in [1.54, 1.807) is 0 Å². The first-order chi connectivity index (χ1) is 6.99. The van der Waals surface area contributed by atoms with E-state index in [0.29, 0.717) is 24.3 Å². The van der Waals surface area contributed by atoms with E-state index in [9.17, 15) is 4.79 Å². The predicted octanol–water partition coefficient (Wildman–Crippen LogP) is 1.44. The van der Waals surface area contributed by atoms with Gasteiger partial charge in [-0.15, -0.1) is 0 Å². The van der Waals surface area contributed by atoms with Crippen LogP contribution >= 0.6 is 0 Å². The van der Waals surface area contributed by atoms with Gasteiger partial charge in [0.05, 0.1) is 6.54 Å². The Hall–Kier alpha value is -0.570. The van der Waals surface area contributed by atoms with Crippen LogP contribution in [-0.2, 0) is 4.79 Å². The SMILES string of the molecule is CC(C)CN1CCN(CC(C)C)C(=O)C1. The first-order valence-electron chi connectivity index (χ1n) is 5.99. The summed E-state index contributed by atoms with van der Waals surface area (Å²) in [4.78, 5) is 16.1. The second-order valence-electron chi connectivity index (χ2n) is 5.36. The molecule has 1 fully saturated rings. The van der Waals surface area contributed by atoms with Crippen LogP contribution in [0.5, 0.6) is 0 Å². The van der Waals surface area contributed by atoms with Crippen LogP contribution in [0.4, 0.5) is 0 Å². The molecule has 15 heavy (non-hydrogen) atoms. The van der Waals surface area contributed by atoms with Crippen molar-refractivity contribution in [1.82, 2.24) is 9.80 Å². The molecule has 0 bridgehead atoms. The molecule has 88 valence electrons.